The molecule has 0 aromatic carbocycles. The summed E-state index contributed by atoms with van der Waals surface area (Å²) in [6, 6.07) is 1.93. The third-order valence-corrected chi connectivity index (χ3v) is 4.26. The molecule has 3 rings (SSSR count). The number of rotatable bonds is 4. The molecule has 0 radical (unpaired) electrons. The zero-order valence-electron chi connectivity index (χ0n) is 13.8. The molecule has 22 heavy (non-hydrogen) atoms. The van der Waals surface area contributed by atoms with Gasteiger partial charge in [-0.15, -0.1) is 0 Å². The Bertz CT molecular complexity index is 814. The Kier molecular flexibility index (Phi) is 3.60. The zero-order valence-corrected chi connectivity index (χ0v) is 13.8. The van der Waals surface area contributed by atoms with E-state index in [2.05, 4.69) is 47.9 Å². The van der Waals surface area contributed by atoms with Crippen molar-refractivity contribution >= 4 is 11.5 Å². The molecule has 0 bridgehead atoms. The summed E-state index contributed by atoms with van der Waals surface area (Å²) in [5.41, 5.74) is 5.52. The topological polar surface area (TPSA) is 51.2 Å². The summed E-state index contributed by atoms with van der Waals surface area (Å²) in [5, 5.41) is 8.85. The predicted octanol–water partition coefficient (Wildman–Crippen LogP) is 2.51. The maximum Gasteiger partial charge on any atom is 0.157 e. The highest BCUT2D eigenvalue weighted by Crippen LogP contribution is 2.24. The minimum atomic E-state index is 0.797. The average Bonchev–Trinajstić information content (AvgIpc) is 3.07. The van der Waals surface area contributed by atoms with Crippen LogP contribution in [0.25, 0.3) is 5.65 Å². The summed E-state index contributed by atoms with van der Waals surface area (Å²) in [4.78, 5) is 6.79. The number of hydrogen-bond acceptors (Lipinski definition) is 4. The molecule has 0 fully saturated rings. The van der Waals surface area contributed by atoms with Gasteiger partial charge in [-0.25, -0.2) is 4.98 Å². The molecule has 3 aromatic rings. The minimum Gasteiger partial charge on any atom is -0.355 e. The van der Waals surface area contributed by atoms with Gasteiger partial charge in [0.05, 0.1) is 12.4 Å². The van der Waals surface area contributed by atoms with Gasteiger partial charge in [-0.1, -0.05) is 0 Å². The molecule has 3 aromatic heterocycles. The van der Waals surface area contributed by atoms with Gasteiger partial charge in [-0.05, 0) is 27.7 Å². The van der Waals surface area contributed by atoms with E-state index in [1.54, 1.807) is 6.20 Å². The van der Waals surface area contributed by atoms with Crippen LogP contribution >= 0.6 is 0 Å². The van der Waals surface area contributed by atoms with Crippen molar-refractivity contribution in [3.63, 3.8) is 0 Å². The summed E-state index contributed by atoms with van der Waals surface area (Å²) in [6.45, 7) is 10.1. The van der Waals surface area contributed by atoms with Crippen LogP contribution in [-0.2, 0) is 13.1 Å². The molecule has 0 aliphatic carbocycles. The Labute approximate surface area is 130 Å². The van der Waals surface area contributed by atoms with Gasteiger partial charge in [0.2, 0.25) is 0 Å². The SMILES string of the molecule is CCn1ncc(CN(C)c2c(C)c(C)nc3ccnn23)c1C. The van der Waals surface area contributed by atoms with Crippen molar-refractivity contribution in [1.82, 2.24) is 24.4 Å². The van der Waals surface area contributed by atoms with Gasteiger partial charge in [-0.3, -0.25) is 4.68 Å². The Morgan fingerprint density at radius 1 is 1.18 bits per heavy atom. The number of anilines is 1. The van der Waals surface area contributed by atoms with Crippen LogP contribution in [0.1, 0.15) is 29.4 Å². The largest absolute Gasteiger partial charge is 0.355 e. The summed E-state index contributed by atoms with van der Waals surface area (Å²) in [5.74, 6) is 1.08. The van der Waals surface area contributed by atoms with Gasteiger partial charge in [0, 0.05) is 48.7 Å². The standard InChI is InChI=1S/C16H22N6/c1-6-21-13(4)14(9-18-21)10-20(5)16-11(2)12(3)19-15-7-8-17-22(15)16/h7-9H,6,10H2,1-5H3. The van der Waals surface area contributed by atoms with Crippen LogP contribution < -0.4 is 4.90 Å². The van der Waals surface area contributed by atoms with E-state index in [1.165, 1.54) is 11.3 Å². The number of aryl methyl sites for hydroxylation is 2. The van der Waals surface area contributed by atoms with Gasteiger partial charge >= 0.3 is 0 Å². The van der Waals surface area contributed by atoms with Crippen LogP contribution in [0.3, 0.4) is 0 Å². The molecule has 6 heteroatoms. The Balaban J connectivity index is 2.01. The lowest BCUT2D eigenvalue weighted by molar-refractivity contribution is 0.638. The fourth-order valence-corrected chi connectivity index (χ4v) is 2.86. The van der Waals surface area contributed by atoms with Gasteiger partial charge in [-0.2, -0.15) is 14.7 Å². The second kappa shape index (κ2) is 5.44. The van der Waals surface area contributed by atoms with Gasteiger partial charge in [0.15, 0.2) is 5.65 Å². The third kappa shape index (κ3) is 2.24. The van der Waals surface area contributed by atoms with E-state index in [4.69, 9.17) is 0 Å². The van der Waals surface area contributed by atoms with Crippen LogP contribution in [0, 0.1) is 20.8 Å². The Morgan fingerprint density at radius 3 is 2.64 bits per heavy atom. The van der Waals surface area contributed by atoms with E-state index in [9.17, 15) is 0 Å². The van der Waals surface area contributed by atoms with E-state index in [1.807, 2.05) is 28.4 Å². The molecule has 0 N–H and O–H groups in total. The molecule has 0 unspecified atom stereocenters. The summed E-state index contributed by atoms with van der Waals surface area (Å²) in [7, 11) is 2.09. The van der Waals surface area contributed by atoms with Crippen molar-refractivity contribution in [2.75, 3.05) is 11.9 Å². The highest BCUT2D eigenvalue weighted by Gasteiger charge is 2.16. The first-order valence-electron chi connectivity index (χ1n) is 7.56. The minimum absolute atomic E-state index is 0.797. The third-order valence-electron chi connectivity index (χ3n) is 4.26. The molecule has 116 valence electrons. The van der Waals surface area contributed by atoms with Crippen LogP contribution in [0.5, 0.6) is 0 Å². The Hall–Kier alpha value is -2.37. The molecule has 0 amide bonds. The number of aromatic nitrogens is 5. The molecule has 0 aliphatic rings. The van der Waals surface area contributed by atoms with Gasteiger partial charge in [0.1, 0.15) is 5.82 Å². The fourth-order valence-electron chi connectivity index (χ4n) is 2.86. The number of hydrogen-bond donors (Lipinski definition) is 0. The lowest BCUT2D eigenvalue weighted by atomic mass is 10.2. The first-order chi connectivity index (χ1) is 10.5. The molecule has 0 spiro atoms. The van der Waals surface area contributed by atoms with E-state index in [0.29, 0.717) is 0 Å². The second-order valence-corrected chi connectivity index (χ2v) is 5.67. The second-order valence-electron chi connectivity index (χ2n) is 5.67. The van der Waals surface area contributed by atoms with E-state index in [0.717, 1.165) is 35.8 Å². The quantitative estimate of drug-likeness (QED) is 0.742. The monoisotopic (exact) mass is 298 g/mol. The molecule has 0 saturated heterocycles. The van der Waals surface area contributed by atoms with Crippen LogP contribution in [0.4, 0.5) is 5.82 Å². The molecular formula is C16H22N6. The van der Waals surface area contributed by atoms with E-state index >= 15 is 0 Å². The Morgan fingerprint density at radius 2 is 1.95 bits per heavy atom. The van der Waals surface area contributed by atoms with E-state index in [-0.39, 0.29) is 0 Å². The predicted molar refractivity (Wildman–Crippen MR) is 87.2 cm³/mol. The van der Waals surface area contributed by atoms with Crippen LogP contribution in [-0.4, -0.2) is 31.4 Å². The number of nitrogens with zero attached hydrogens (tertiary/aromatic N) is 6. The number of fused-ring (bicyclic) bond motifs is 1. The molecule has 0 aliphatic heterocycles. The summed E-state index contributed by atoms with van der Waals surface area (Å²) >= 11 is 0. The molecular weight excluding hydrogens is 276 g/mol. The maximum absolute atomic E-state index is 4.58. The first-order valence-corrected chi connectivity index (χ1v) is 7.56. The lowest BCUT2D eigenvalue weighted by Gasteiger charge is -2.22. The molecule has 6 nitrogen and oxygen atoms in total. The zero-order chi connectivity index (χ0) is 15.9. The van der Waals surface area contributed by atoms with Crippen molar-refractivity contribution < 1.29 is 0 Å². The van der Waals surface area contributed by atoms with Crippen molar-refractivity contribution in [2.24, 2.45) is 0 Å². The summed E-state index contributed by atoms with van der Waals surface area (Å²) in [6.07, 6.45) is 3.75. The van der Waals surface area contributed by atoms with Crippen molar-refractivity contribution in [3.05, 3.63) is 41.0 Å². The average molecular weight is 298 g/mol. The molecule has 3 heterocycles. The van der Waals surface area contributed by atoms with Crippen molar-refractivity contribution in [2.45, 2.75) is 40.8 Å². The van der Waals surface area contributed by atoms with Crippen molar-refractivity contribution in [1.29, 1.82) is 0 Å². The lowest BCUT2D eigenvalue weighted by Crippen LogP contribution is -2.22. The molecule has 0 saturated carbocycles. The smallest absolute Gasteiger partial charge is 0.157 e. The highest BCUT2D eigenvalue weighted by atomic mass is 15.3. The van der Waals surface area contributed by atoms with Crippen molar-refractivity contribution in [3.8, 4) is 0 Å². The first kappa shape index (κ1) is 14.6. The summed E-state index contributed by atoms with van der Waals surface area (Å²) < 4.78 is 3.93. The highest BCUT2D eigenvalue weighted by molar-refractivity contribution is 5.56. The van der Waals surface area contributed by atoms with Crippen LogP contribution in [0.15, 0.2) is 18.5 Å². The molecule has 0 atom stereocenters. The van der Waals surface area contributed by atoms with Gasteiger partial charge < -0.3 is 4.90 Å². The van der Waals surface area contributed by atoms with Crippen LogP contribution in [0.2, 0.25) is 0 Å². The van der Waals surface area contributed by atoms with E-state index < -0.39 is 0 Å². The maximum atomic E-state index is 4.58. The van der Waals surface area contributed by atoms with Gasteiger partial charge in [0.25, 0.3) is 0 Å². The normalized spacial score (nSPS) is 11.3. The fraction of sp³-hybridized carbons (Fsp3) is 0.438.